The Hall–Kier alpha value is -1.62. The third-order valence-electron chi connectivity index (χ3n) is 3.16. The van der Waals surface area contributed by atoms with E-state index in [1.807, 2.05) is 4.52 Å². The zero-order valence-electron chi connectivity index (χ0n) is 9.96. The van der Waals surface area contributed by atoms with E-state index in [9.17, 15) is 0 Å². The van der Waals surface area contributed by atoms with Crippen molar-refractivity contribution in [1.82, 2.24) is 14.6 Å². The Balaban J connectivity index is 2.05. The van der Waals surface area contributed by atoms with Crippen LogP contribution in [0.5, 0.6) is 0 Å². The number of anilines is 1. The van der Waals surface area contributed by atoms with Gasteiger partial charge in [-0.3, -0.25) is 0 Å². The first-order valence-corrected chi connectivity index (χ1v) is 6.03. The van der Waals surface area contributed by atoms with Crippen LogP contribution in [0.1, 0.15) is 12.5 Å². The molecule has 0 atom stereocenters. The van der Waals surface area contributed by atoms with Crippen molar-refractivity contribution in [3.05, 3.63) is 24.2 Å². The highest BCUT2D eigenvalue weighted by molar-refractivity contribution is 5.69. The second kappa shape index (κ2) is 4.33. The predicted octanol–water partition coefficient (Wildman–Crippen LogP) is 1.13. The molecule has 17 heavy (non-hydrogen) atoms. The number of fused-ring (bicyclic) bond motifs is 1. The lowest BCUT2D eigenvalue weighted by molar-refractivity contribution is 0.122. The molecule has 5 nitrogen and oxygen atoms in total. The molecule has 3 heterocycles. The summed E-state index contributed by atoms with van der Waals surface area (Å²) in [5.41, 5.74) is 2.38. The molecule has 5 heteroatoms. The van der Waals surface area contributed by atoms with Crippen LogP contribution in [0.3, 0.4) is 0 Å². The van der Waals surface area contributed by atoms with Crippen LogP contribution in [-0.2, 0) is 11.2 Å². The molecule has 0 saturated carbocycles. The van der Waals surface area contributed by atoms with Gasteiger partial charge in [0.2, 0.25) is 0 Å². The molecule has 2 aromatic rings. The van der Waals surface area contributed by atoms with Crippen molar-refractivity contribution in [2.75, 3.05) is 31.2 Å². The smallest absolute Gasteiger partial charge is 0.156 e. The molecule has 90 valence electrons. The van der Waals surface area contributed by atoms with Crippen molar-refractivity contribution < 1.29 is 4.74 Å². The summed E-state index contributed by atoms with van der Waals surface area (Å²) in [6.07, 6.45) is 4.71. The van der Waals surface area contributed by atoms with Gasteiger partial charge in [0.05, 0.1) is 13.2 Å². The Morgan fingerprint density at radius 1 is 1.35 bits per heavy atom. The quantitative estimate of drug-likeness (QED) is 0.778. The average Bonchev–Trinajstić information content (AvgIpc) is 2.82. The SMILES string of the molecule is CCc1cc2c(N3CCOCC3)ncnn2c1. The number of morpholine rings is 1. The molecule has 3 rings (SSSR count). The van der Waals surface area contributed by atoms with Crippen molar-refractivity contribution in [2.45, 2.75) is 13.3 Å². The van der Waals surface area contributed by atoms with Gasteiger partial charge < -0.3 is 9.64 Å². The monoisotopic (exact) mass is 232 g/mol. The molecule has 1 saturated heterocycles. The molecule has 1 aliphatic heterocycles. The highest BCUT2D eigenvalue weighted by Crippen LogP contribution is 2.21. The lowest BCUT2D eigenvalue weighted by atomic mass is 10.2. The number of hydrogen-bond acceptors (Lipinski definition) is 4. The van der Waals surface area contributed by atoms with Crippen LogP contribution >= 0.6 is 0 Å². The topological polar surface area (TPSA) is 42.7 Å². The molecule has 0 bridgehead atoms. The van der Waals surface area contributed by atoms with Crippen LogP contribution in [0.4, 0.5) is 5.82 Å². The minimum Gasteiger partial charge on any atom is -0.378 e. The number of aryl methyl sites for hydroxylation is 1. The van der Waals surface area contributed by atoms with Gasteiger partial charge in [0, 0.05) is 19.3 Å². The Labute approximate surface area is 100 Å². The second-order valence-electron chi connectivity index (χ2n) is 4.21. The molecule has 0 unspecified atom stereocenters. The van der Waals surface area contributed by atoms with Gasteiger partial charge in [-0.05, 0) is 18.1 Å². The fraction of sp³-hybridized carbons (Fsp3) is 0.500. The number of hydrogen-bond donors (Lipinski definition) is 0. The van der Waals surface area contributed by atoms with Gasteiger partial charge in [-0.1, -0.05) is 6.92 Å². The molecule has 0 N–H and O–H groups in total. The van der Waals surface area contributed by atoms with E-state index < -0.39 is 0 Å². The number of nitrogens with zero attached hydrogens (tertiary/aromatic N) is 4. The molecule has 0 radical (unpaired) electrons. The standard InChI is InChI=1S/C12H16N4O/c1-2-10-7-11-12(13-9-14-16(11)8-10)15-3-5-17-6-4-15/h7-9H,2-6H2,1H3. The summed E-state index contributed by atoms with van der Waals surface area (Å²) in [5, 5.41) is 4.25. The van der Waals surface area contributed by atoms with Crippen LogP contribution in [0.2, 0.25) is 0 Å². The number of ether oxygens (including phenoxy) is 1. The van der Waals surface area contributed by atoms with Crippen LogP contribution in [0, 0.1) is 0 Å². The Morgan fingerprint density at radius 3 is 2.94 bits per heavy atom. The first-order valence-electron chi connectivity index (χ1n) is 6.03. The Kier molecular flexibility index (Phi) is 2.68. The van der Waals surface area contributed by atoms with E-state index in [4.69, 9.17) is 4.74 Å². The normalized spacial score (nSPS) is 16.6. The maximum absolute atomic E-state index is 5.37. The van der Waals surface area contributed by atoms with E-state index >= 15 is 0 Å². The van der Waals surface area contributed by atoms with Crippen molar-refractivity contribution >= 4 is 11.3 Å². The van der Waals surface area contributed by atoms with E-state index in [-0.39, 0.29) is 0 Å². The molecule has 2 aromatic heterocycles. The van der Waals surface area contributed by atoms with Crippen molar-refractivity contribution in [1.29, 1.82) is 0 Å². The number of aromatic nitrogens is 3. The molecular weight excluding hydrogens is 216 g/mol. The third kappa shape index (κ3) is 1.86. The lowest BCUT2D eigenvalue weighted by Gasteiger charge is -2.27. The zero-order chi connectivity index (χ0) is 11.7. The zero-order valence-corrected chi connectivity index (χ0v) is 9.96. The summed E-state index contributed by atoms with van der Waals surface area (Å²) in [6.45, 7) is 5.50. The Morgan fingerprint density at radius 2 is 2.18 bits per heavy atom. The molecule has 1 aliphatic rings. The van der Waals surface area contributed by atoms with Crippen LogP contribution in [0.15, 0.2) is 18.6 Å². The summed E-state index contributed by atoms with van der Waals surface area (Å²) >= 11 is 0. The van der Waals surface area contributed by atoms with E-state index in [0.717, 1.165) is 44.1 Å². The molecule has 0 spiro atoms. The van der Waals surface area contributed by atoms with E-state index in [0.29, 0.717) is 0 Å². The van der Waals surface area contributed by atoms with Gasteiger partial charge in [-0.15, -0.1) is 0 Å². The highest BCUT2D eigenvalue weighted by Gasteiger charge is 2.16. The van der Waals surface area contributed by atoms with Gasteiger partial charge >= 0.3 is 0 Å². The van der Waals surface area contributed by atoms with Crippen molar-refractivity contribution in [3.8, 4) is 0 Å². The minimum atomic E-state index is 0.775. The van der Waals surface area contributed by atoms with Gasteiger partial charge in [-0.2, -0.15) is 5.10 Å². The second-order valence-corrected chi connectivity index (χ2v) is 4.21. The van der Waals surface area contributed by atoms with E-state index in [1.54, 1.807) is 6.33 Å². The highest BCUT2D eigenvalue weighted by atomic mass is 16.5. The Bertz CT molecular complexity index is 516. The van der Waals surface area contributed by atoms with Crippen LogP contribution in [-0.4, -0.2) is 40.9 Å². The van der Waals surface area contributed by atoms with Gasteiger partial charge in [0.15, 0.2) is 5.82 Å². The van der Waals surface area contributed by atoms with Gasteiger partial charge in [-0.25, -0.2) is 9.50 Å². The minimum absolute atomic E-state index is 0.775. The third-order valence-corrected chi connectivity index (χ3v) is 3.16. The summed E-state index contributed by atoms with van der Waals surface area (Å²) in [4.78, 5) is 6.68. The summed E-state index contributed by atoms with van der Waals surface area (Å²) in [7, 11) is 0. The fourth-order valence-electron chi connectivity index (χ4n) is 2.18. The van der Waals surface area contributed by atoms with Crippen LogP contribution in [0.25, 0.3) is 5.52 Å². The van der Waals surface area contributed by atoms with E-state index in [1.165, 1.54) is 5.56 Å². The average molecular weight is 232 g/mol. The van der Waals surface area contributed by atoms with Crippen molar-refractivity contribution in [2.24, 2.45) is 0 Å². The predicted molar refractivity (Wildman–Crippen MR) is 65.4 cm³/mol. The number of rotatable bonds is 2. The largest absolute Gasteiger partial charge is 0.378 e. The molecule has 0 amide bonds. The first kappa shape index (κ1) is 10.5. The van der Waals surface area contributed by atoms with Crippen molar-refractivity contribution in [3.63, 3.8) is 0 Å². The summed E-state index contributed by atoms with van der Waals surface area (Å²) < 4.78 is 7.28. The maximum Gasteiger partial charge on any atom is 0.156 e. The fourth-order valence-corrected chi connectivity index (χ4v) is 2.18. The van der Waals surface area contributed by atoms with Crippen LogP contribution < -0.4 is 4.90 Å². The lowest BCUT2D eigenvalue weighted by Crippen LogP contribution is -2.37. The summed E-state index contributed by atoms with van der Waals surface area (Å²) in [6, 6.07) is 2.17. The van der Waals surface area contributed by atoms with E-state index in [2.05, 4.69) is 34.2 Å². The molecule has 0 aromatic carbocycles. The van der Waals surface area contributed by atoms with Gasteiger partial charge in [0.1, 0.15) is 11.8 Å². The maximum atomic E-state index is 5.37. The first-order chi connectivity index (χ1) is 8.38. The molecular formula is C12H16N4O. The summed E-state index contributed by atoms with van der Waals surface area (Å²) in [5.74, 6) is 1.02. The molecule has 1 fully saturated rings. The molecule has 0 aliphatic carbocycles. The van der Waals surface area contributed by atoms with Gasteiger partial charge in [0.25, 0.3) is 0 Å².